The molecule has 1 atom stereocenters. The Bertz CT molecular complexity index is 433. The number of thiazole rings is 1. The molecule has 1 saturated heterocycles. The average Bonchev–Trinajstić information content (AvgIpc) is 2.92. The van der Waals surface area contributed by atoms with Crippen molar-refractivity contribution in [2.24, 2.45) is 5.92 Å². The van der Waals surface area contributed by atoms with E-state index >= 15 is 0 Å². The molecule has 6 nitrogen and oxygen atoms in total. The van der Waals surface area contributed by atoms with Crippen molar-refractivity contribution in [3.05, 3.63) is 4.88 Å². The Morgan fingerprint density at radius 1 is 1.67 bits per heavy atom. The number of rotatable bonds is 4. The number of nitrogens with one attached hydrogen (secondary N) is 2. The molecule has 1 aliphatic rings. The monoisotopic (exact) mass is 269 g/mol. The number of carbonyl (C=O) groups is 1. The minimum Gasteiger partial charge on any atom is -0.382 e. The Balaban J connectivity index is 1.89. The Labute approximate surface area is 111 Å². The Morgan fingerprint density at radius 2 is 2.44 bits per heavy atom. The van der Waals surface area contributed by atoms with Gasteiger partial charge in [0.05, 0.1) is 0 Å². The first-order chi connectivity index (χ1) is 8.60. The minimum absolute atomic E-state index is 0.124. The standard InChI is InChI=1S/C11H19N5OS/c1-13-11-15-9(12)8(18-11)10(17)14-5-7-3-4-16(2)6-7/h7H,3-6,12H2,1-2H3,(H,13,15)(H,14,17). The number of amides is 1. The van der Waals surface area contributed by atoms with Gasteiger partial charge in [0.25, 0.3) is 5.91 Å². The Morgan fingerprint density at radius 3 is 3.00 bits per heavy atom. The van der Waals surface area contributed by atoms with Crippen molar-refractivity contribution in [2.45, 2.75) is 6.42 Å². The molecular formula is C11H19N5OS. The van der Waals surface area contributed by atoms with Gasteiger partial charge >= 0.3 is 0 Å². The molecule has 2 heterocycles. The molecule has 0 bridgehead atoms. The van der Waals surface area contributed by atoms with Crippen molar-refractivity contribution < 1.29 is 4.79 Å². The highest BCUT2D eigenvalue weighted by molar-refractivity contribution is 7.18. The summed E-state index contributed by atoms with van der Waals surface area (Å²) in [6.45, 7) is 2.85. The molecule has 0 spiro atoms. The van der Waals surface area contributed by atoms with Crippen LogP contribution in [0.3, 0.4) is 0 Å². The smallest absolute Gasteiger partial charge is 0.265 e. The topological polar surface area (TPSA) is 83.3 Å². The maximum atomic E-state index is 12.0. The van der Waals surface area contributed by atoms with E-state index < -0.39 is 0 Å². The van der Waals surface area contributed by atoms with Gasteiger partial charge in [-0.1, -0.05) is 11.3 Å². The maximum absolute atomic E-state index is 12.0. The molecule has 0 aliphatic carbocycles. The van der Waals surface area contributed by atoms with Crippen LogP contribution in [0.1, 0.15) is 16.1 Å². The largest absolute Gasteiger partial charge is 0.382 e. The van der Waals surface area contributed by atoms with Gasteiger partial charge in [-0.25, -0.2) is 4.98 Å². The van der Waals surface area contributed by atoms with Crippen molar-refractivity contribution >= 4 is 28.2 Å². The van der Waals surface area contributed by atoms with E-state index in [1.54, 1.807) is 7.05 Å². The lowest BCUT2D eigenvalue weighted by Crippen LogP contribution is -2.30. The fourth-order valence-corrected chi connectivity index (χ4v) is 2.87. The molecule has 1 unspecified atom stereocenters. The van der Waals surface area contributed by atoms with E-state index in [1.807, 2.05) is 0 Å². The number of nitrogen functional groups attached to an aromatic ring is 1. The summed E-state index contributed by atoms with van der Waals surface area (Å²) < 4.78 is 0. The SMILES string of the molecule is CNc1nc(N)c(C(=O)NCC2CCN(C)C2)s1. The molecule has 0 saturated carbocycles. The lowest BCUT2D eigenvalue weighted by atomic mass is 10.1. The minimum atomic E-state index is -0.124. The fourth-order valence-electron chi connectivity index (χ4n) is 2.11. The van der Waals surface area contributed by atoms with Crippen molar-refractivity contribution in [1.29, 1.82) is 0 Å². The second-order valence-electron chi connectivity index (χ2n) is 4.61. The third-order valence-electron chi connectivity index (χ3n) is 3.11. The van der Waals surface area contributed by atoms with E-state index in [2.05, 4.69) is 27.6 Å². The summed E-state index contributed by atoms with van der Waals surface area (Å²) in [6, 6.07) is 0. The van der Waals surface area contributed by atoms with Gasteiger partial charge in [-0.15, -0.1) is 0 Å². The maximum Gasteiger partial charge on any atom is 0.265 e. The van der Waals surface area contributed by atoms with E-state index in [1.165, 1.54) is 11.3 Å². The molecule has 4 N–H and O–H groups in total. The first kappa shape index (κ1) is 13.1. The Kier molecular flexibility index (Phi) is 4.03. The molecular weight excluding hydrogens is 250 g/mol. The summed E-state index contributed by atoms with van der Waals surface area (Å²) in [5.41, 5.74) is 5.71. The van der Waals surface area contributed by atoms with Crippen LogP contribution >= 0.6 is 11.3 Å². The molecule has 7 heteroatoms. The quantitative estimate of drug-likeness (QED) is 0.739. The van der Waals surface area contributed by atoms with Gasteiger partial charge in [0.1, 0.15) is 10.7 Å². The van der Waals surface area contributed by atoms with Crippen LogP contribution in [0.5, 0.6) is 0 Å². The summed E-state index contributed by atoms with van der Waals surface area (Å²) in [4.78, 5) is 18.8. The van der Waals surface area contributed by atoms with Crippen LogP contribution in [0.15, 0.2) is 0 Å². The summed E-state index contributed by atoms with van der Waals surface area (Å²) in [7, 11) is 3.86. The van der Waals surface area contributed by atoms with Gasteiger partial charge in [-0.2, -0.15) is 0 Å². The molecule has 0 radical (unpaired) electrons. The highest BCUT2D eigenvalue weighted by atomic mass is 32.1. The van der Waals surface area contributed by atoms with Crippen LogP contribution in [0.25, 0.3) is 0 Å². The highest BCUT2D eigenvalue weighted by Crippen LogP contribution is 2.24. The van der Waals surface area contributed by atoms with Crippen LogP contribution < -0.4 is 16.4 Å². The molecule has 1 aliphatic heterocycles. The fraction of sp³-hybridized carbons (Fsp3) is 0.636. The first-order valence-corrected chi connectivity index (χ1v) is 6.82. The van der Waals surface area contributed by atoms with Crippen LogP contribution in [-0.2, 0) is 0 Å². The molecule has 2 rings (SSSR count). The molecule has 18 heavy (non-hydrogen) atoms. The lowest BCUT2D eigenvalue weighted by molar-refractivity contribution is 0.0952. The van der Waals surface area contributed by atoms with Crippen molar-refractivity contribution in [3.8, 4) is 0 Å². The normalized spacial score (nSPS) is 20.0. The van der Waals surface area contributed by atoms with Crippen molar-refractivity contribution in [2.75, 3.05) is 44.8 Å². The van der Waals surface area contributed by atoms with Gasteiger partial charge in [0, 0.05) is 20.1 Å². The average molecular weight is 269 g/mol. The summed E-state index contributed by atoms with van der Waals surface area (Å²) in [5, 5.41) is 6.49. The summed E-state index contributed by atoms with van der Waals surface area (Å²) in [6.07, 6.45) is 1.14. The van der Waals surface area contributed by atoms with Crippen LogP contribution in [0.2, 0.25) is 0 Å². The van der Waals surface area contributed by atoms with Gasteiger partial charge < -0.3 is 21.3 Å². The number of hydrogen-bond donors (Lipinski definition) is 3. The number of nitrogens with zero attached hydrogens (tertiary/aromatic N) is 2. The van der Waals surface area contributed by atoms with Crippen molar-refractivity contribution in [3.63, 3.8) is 0 Å². The number of aromatic nitrogens is 1. The van der Waals surface area contributed by atoms with E-state index in [0.29, 0.717) is 28.3 Å². The zero-order valence-corrected chi connectivity index (χ0v) is 11.5. The second-order valence-corrected chi connectivity index (χ2v) is 5.61. The van der Waals surface area contributed by atoms with Gasteiger partial charge in [0.15, 0.2) is 5.13 Å². The van der Waals surface area contributed by atoms with Gasteiger partial charge in [-0.05, 0) is 25.9 Å². The van der Waals surface area contributed by atoms with Crippen LogP contribution in [0.4, 0.5) is 10.9 Å². The second kappa shape index (κ2) is 5.53. The Hall–Kier alpha value is -1.34. The number of likely N-dealkylation sites (tertiary alicyclic amines) is 1. The van der Waals surface area contributed by atoms with E-state index in [-0.39, 0.29) is 5.91 Å². The summed E-state index contributed by atoms with van der Waals surface area (Å²) >= 11 is 1.28. The van der Waals surface area contributed by atoms with Gasteiger partial charge in [-0.3, -0.25) is 4.79 Å². The van der Waals surface area contributed by atoms with Crippen LogP contribution in [0, 0.1) is 5.92 Å². The third kappa shape index (κ3) is 2.91. The number of anilines is 2. The van der Waals surface area contributed by atoms with Crippen LogP contribution in [-0.4, -0.2) is 49.5 Å². The van der Waals surface area contributed by atoms with Gasteiger partial charge in [0.2, 0.25) is 0 Å². The zero-order valence-electron chi connectivity index (χ0n) is 10.7. The first-order valence-electron chi connectivity index (χ1n) is 6.01. The highest BCUT2D eigenvalue weighted by Gasteiger charge is 2.21. The molecule has 1 fully saturated rings. The molecule has 0 aromatic carbocycles. The third-order valence-corrected chi connectivity index (χ3v) is 4.20. The molecule has 1 aromatic heterocycles. The molecule has 100 valence electrons. The number of hydrogen-bond acceptors (Lipinski definition) is 6. The molecule has 1 amide bonds. The van der Waals surface area contributed by atoms with E-state index in [4.69, 9.17) is 5.73 Å². The lowest BCUT2D eigenvalue weighted by Gasteiger charge is -2.11. The zero-order chi connectivity index (χ0) is 13.1. The van der Waals surface area contributed by atoms with E-state index in [9.17, 15) is 4.79 Å². The van der Waals surface area contributed by atoms with Crippen molar-refractivity contribution in [1.82, 2.24) is 15.2 Å². The number of nitrogens with two attached hydrogens (primary N) is 1. The molecule has 1 aromatic rings. The van der Waals surface area contributed by atoms with E-state index in [0.717, 1.165) is 19.5 Å². The predicted octanol–water partition coefficient (Wildman–Crippen LogP) is 0.448. The summed E-state index contributed by atoms with van der Waals surface area (Å²) in [5.74, 6) is 0.711. The number of carbonyl (C=O) groups excluding carboxylic acids is 1. The predicted molar refractivity (Wildman–Crippen MR) is 74.0 cm³/mol.